The van der Waals surface area contributed by atoms with Crippen LogP contribution in [-0.2, 0) is 16.0 Å². The molecule has 7 heteroatoms. The highest BCUT2D eigenvalue weighted by Gasteiger charge is 2.29. The summed E-state index contributed by atoms with van der Waals surface area (Å²) in [5.41, 5.74) is 2.69. The molecule has 0 radical (unpaired) electrons. The summed E-state index contributed by atoms with van der Waals surface area (Å²) >= 11 is 0. The zero-order chi connectivity index (χ0) is 19.9. The Labute approximate surface area is 162 Å². The summed E-state index contributed by atoms with van der Waals surface area (Å²) in [6.45, 7) is 1.69. The van der Waals surface area contributed by atoms with Crippen LogP contribution in [0.25, 0.3) is 11.4 Å². The van der Waals surface area contributed by atoms with Gasteiger partial charge in [0.15, 0.2) is 11.6 Å². The molecule has 0 spiro atoms. The van der Waals surface area contributed by atoms with Gasteiger partial charge in [-0.05, 0) is 24.6 Å². The second kappa shape index (κ2) is 8.85. The number of ketones is 1. The monoisotopic (exact) mass is 375 g/mol. The fraction of sp³-hybridized carbons (Fsp3) is 0.190. The number of aliphatic imine (C=N–C) groups is 1. The molecule has 2 aromatic carbocycles. The molecule has 1 aromatic heterocycles. The maximum atomic E-state index is 12.9. The summed E-state index contributed by atoms with van der Waals surface area (Å²) in [6, 6.07) is 16.5. The number of Topliss-reactive ketones (excluding diaryl/α,β-unsaturated/α-hetero) is 1. The lowest BCUT2D eigenvalue weighted by Crippen LogP contribution is -2.36. The number of H-pyrrole nitrogens is 1. The van der Waals surface area contributed by atoms with Crippen molar-refractivity contribution in [3.8, 4) is 11.4 Å². The third kappa shape index (κ3) is 4.56. The molecule has 0 bridgehead atoms. The smallest absolute Gasteiger partial charge is 0.240 e. The molecule has 142 valence electrons. The zero-order valence-electron chi connectivity index (χ0n) is 15.7. The number of benzene rings is 2. The van der Waals surface area contributed by atoms with Crippen LogP contribution in [0.2, 0.25) is 0 Å². The predicted octanol–water partition coefficient (Wildman–Crippen LogP) is 2.93. The van der Waals surface area contributed by atoms with Crippen LogP contribution in [0.1, 0.15) is 12.5 Å². The van der Waals surface area contributed by atoms with E-state index in [2.05, 4.69) is 25.5 Å². The van der Waals surface area contributed by atoms with Gasteiger partial charge in [-0.2, -0.15) is 5.10 Å². The Morgan fingerprint density at radius 1 is 1.14 bits per heavy atom. The first-order valence-electron chi connectivity index (χ1n) is 8.85. The first kappa shape index (κ1) is 19.2. The summed E-state index contributed by atoms with van der Waals surface area (Å²) < 4.78 is 0. The van der Waals surface area contributed by atoms with Gasteiger partial charge in [0.25, 0.3) is 0 Å². The fourth-order valence-corrected chi connectivity index (χ4v) is 2.90. The van der Waals surface area contributed by atoms with Gasteiger partial charge in [0.05, 0.1) is 0 Å². The topological polar surface area (TPSA) is 100 Å². The van der Waals surface area contributed by atoms with Crippen molar-refractivity contribution in [2.75, 3.05) is 12.4 Å². The molecular weight excluding hydrogens is 354 g/mol. The molecule has 28 heavy (non-hydrogen) atoms. The molecule has 1 amide bonds. The maximum absolute atomic E-state index is 12.9. The third-order valence-corrected chi connectivity index (χ3v) is 4.39. The number of carbonyl (C=O) groups is 2. The van der Waals surface area contributed by atoms with Crippen LogP contribution in [0, 0.1) is 5.92 Å². The Hall–Kier alpha value is -3.61. The number of anilines is 1. The summed E-state index contributed by atoms with van der Waals surface area (Å²) in [5, 5.41) is 9.44. The molecule has 0 aliphatic carbocycles. The number of nitrogens with zero attached hydrogens (tertiary/aromatic N) is 3. The molecular formula is C21H21N5O2. The summed E-state index contributed by atoms with van der Waals surface area (Å²) in [5.74, 6) is -0.949. The molecule has 3 rings (SSSR count). The number of aromatic amines is 1. The van der Waals surface area contributed by atoms with Gasteiger partial charge < -0.3 is 5.32 Å². The maximum Gasteiger partial charge on any atom is 0.240 e. The lowest BCUT2D eigenvalue weighted by molar-refractivity contribution is -0.127. The van der Waals surface area contributed by atoms with E-state index >= 15 is 0 Å². The molecule has 0 saturated heterocycles. The number of nitrogens with one attached hydrogen (secondary N) is 2. The van der Waals surface area contributed by atoms with Crippen molar-refractivity contribution < 1.29 is 9.59 Å². The van der Waals surface area contributed by atoms with Crippen molar-refractivity contribution in [2.24, 2.45) is 10.9 Å². The highest BCUT2D eigenvalue weighted by atomic mass is 16.2. The normalized spacial score (nSPS) is 12.4. The van der Waals surface area contributed by atoms with Gasteiger partial charge in [0.1, 0.15) is 12.2 Å². The highest BCUT2D eigenvalue weighted by Crippen LogP contribution is 2.20. The van der Waals surface area contributed by atoms with Gasteiger partial charge in [-0.15, -0.1) is 0 Å². The van der Waals surface area contributed by atoms with Crippen LogP contribution < -0.4 is 5.32 Å². The SMILES string of the molecule is CN=C(C)C(C(=O)Cc1ccccc1)C(=O)Nc1cccc(-c2ncn[nH]2)c1. The van der Waals surface area contributed by atoms with Crippen LogP contribution >= 0.6 is 0 Å². The molecule has 3 aromatic rings. The third-order valence-electron chi connectivity index (χ3n) is 4.39. The van der Waals surface area contributed by atoms with E-state index < -0.39 is 11.8 Å². The molecule has 7 nitrogen and oxygen atoms in total. The number of hydrogen-bond acceptors (Lipinski definition) is 5. The summed E-state index contributed by atoms with van der Waals surface area (Å²) in [6.07, 6.45) is 1.59. The first-order chi connectivity index (χ1) is 13.6. The minimum atomic E-state index is -0.945. The van der Waals surface area contributed by atoms with E-state index in [1.54, 1.807) is 32.2 Å². The lowest BCUT2D eigenvalue weighted by Gasteiger charge is -2.16. The summed E-state index contributed by atoms with van der Waals surface area (Å²) in [4.78, 5) is 33.9. The number of aromatic nitrogens is 3. The molecule has 2 N–H and O–H groups in total. The van der Waals surface area contributed by atoms with E-state index in [1.807, 2.05) is 36.4 Å². The lowest BCUT2D eigenvalue weighted by atomic mass is 9.93. The van der Waals surface area contributed by atoms with E-state index in [4.69, 9.17) is 0 Å². The van der Waals surface area contributed by atoms with Crippen LogP contribution in [0.15, 0.2) is 65.9 Å². The van der Waals surface area contributed by atoms with E-state index in [-0.39, 0.29) is 12.2 Å². The second-order valence-corrected chi connectivity index (χ2v) is 6.33. The zero-order valence-corrected chi connectivity index (χ0v) is 15.7. The predicted molar refractivity (Wildman–Crippen MR) is 108 cm³/mol. The number of carbonyl (C=O) groups excluding carboxylic acids is 2. The Bertz CT molecular complexity index is 981. The largest absolute Gasteiger partial charge is 0.325 e. The van der Waals surface area contributed by atoms with Gasteiger partial charge in [-0.1, -0.05) is 42.5 Å². The minimum absolute atomic E-state index is 0.171. The quantitative estimate of drug-likeness (QED) is 0.490. The molecule has 0 aliphatic heterocycles. The highest BCUT2D eigenvalue weighted by molar-refractivity contribution is 6.23. The molecule has 1 unspecified atom stereocenters. The summed E-state index contributed by atoms with van der Waals surface area (Å²) in [7, 11) is 1.58. The van der Waals surface area contributed by atoms with E-state index in [0.29, 0.717) is 17.2 Å². The Kier molecular flexibility index (Phi) is 6.06. The minimum Gasteiger partial charge on any atom is -0.325 e. The Morgan fingerprint density at radius 3 is 2.61 bits per heavy atom. The Morgan fingerprint density at radius 2 is 1.93 bits per heavy atom. The number of rotatable bonds is 7. The van der Waals surface area contributed by atoms with Crippen molar-refractivity contribution in [3.63, 3.8) is 0 Å². The molecule has 1 heterocycles. The second-order valence-electron chi connectivity index (χ2n) is 6.33. The van der Waals surface area contributed by atoms with E-state index in [1.165, 1.54) is 6.33 Å². The first-order valence-corrected chi connectivity index (χ1v) is 8.85. The van der Waals surface area contributed by atoms with Gasteiger partial charge in [0, 0.05) is 30.4 Å². The van der Waals surface area contributed by atoms with Crippen molar-refractivity contribution in [1.82, 2.24) is 15.2 Å². The van der Waals surface area contributed by atoms with Crippen molar-refractivity contribution in [1.29, 1.82) is 0 Å². The molecule has 0 aliphatic rings. The van der Waals surface area contributed by atoms with Crippen LogP contribution in [0.5, 0.6) is 0 Å². The number of amides is 1. The molecule has 0 fully saturated rings. The van der Waals surface area contributed by atoms with Gasteiger partial charge >= 0.3 is 0 Å². The van der Waals surface area contributed by atoms with Crippen molar-refractivity contribution in [3.05, 3.63) is 66.5 Å². The van der Waals surface area contributed by atoms with E-state index in [0.717, 1.165) is 11.1 Å². The van der Waals surface area contributed by atoms with Crippen LogP contribution in [0.3, 0.4) is 0 Å². The average Bonchev–Trinajstić information content (AvgIpc) is 3.24. The molecule has 1 atom stereocenters. The van der Waals surface area contributed by atoms with Crippen molar-refractivity contribution >= 4 is 23.1 Å². The van der Waals surface area contributed by atoms with Crippen molar-refractivity contribution in [2.45, 2.75) is 13.3 Å². The van der Waals surface area contributed by atoms with Gasteiger partial charge in [-0.25, -0.2) is 4.98 Å². The van der Waals surface area contributed by atoms with Crippen LogP contribution in [-0.4, -0.2) is 39.6 Å². The van der Waals surface area contributed by atoms with Crippen LogP contribution in [0.4, 0.5) is 5.69 Å². The number of hydrogen-bond donors (Lipinski definition) is 2. The fourth-order valence-electron chi connectivity index (χ4n) is 2.90. The standard InChI is InChI=1S/C21H21N5O2/c1-14(22-2)19(18(27)11-15-7-4-3-5-8-15)21(28)25-17-10-6-9-16(12-17)20-23-13-24-26-20/h3-10,12-13,19H,11H2,1-2H3,(H,25,28)(H,23,24,26). The van der Waals surface area contributed by atoms with Gasteiger partial charge in [0.2, 0.25) is 5.91 Å². The molecule has 0 saturated carbocycles. The average molecular weight is 375 g/mol. The van der Waals surface area contributed by atoms with Gasteiger partial charge in [-0.3, -0.25) is 19.7 Å². The van der Waals surface area contributed by atoms with E-state index in [9.17, 15) is 9.59 Å². The Balaban J connectivity index is 1.79.